The lowest BCUT2D eigenvalue weighted by atomic mass is 10.4. The van der Waals surface area contributed by atoms with E-state index in [1.165, 1.54) is 17.6 Å². The second-order valence-corrected chi connectivity index (χ2v) is 5.11. The van der Waals surface area contributed by atoms with Crippen LogP contribution in [-0.2, 0) is 17.9 Å². The first-order valence-corrected chi connectivity index (χ1v) is 7.01. The van der Waals surface area contributed by atoms with Crippen LogP contribution >= 0.6 is 11.3 Å². The Labute approximate surface area is 122 Å². The molecule has 0 atom stereocenters. The van der Waals surface area contributed by atoms with Gasteiger partial charge in [0.15, 0.2) is 0 Å². The molecule has 8 heteroatoms. The van der Waals surface area contributed by atoms with Gasteiger partial charge in [0.05, 0.1) is 17.7 Å². The molecule has 108 valence electrons. The highest BCUT2D eigenvalue weighted by Crippen LogP contribution is 2.20. The van der Waals surface area contributed by atoms with Gasteiger partial charge in [0, 0.05) is 0 Å². The molecular formula is C13H11N3O4S. The molecule has 0 radical (unpaired) electrons. The van der Waals surface area contributed by atoms with Crippen LogP contribution in [0.2, 0.25) is 0 Å². The summed E-state index contributed by atoms with van der Waals surface area (Å²) in [7, 11) is 0. The minimum atomic E-state index is -0.661. The van der Waals surface area contributed by atoms with E-state index in [4.69, 9.17) is 8.83 Å². The van der Waals surface area contributed by atoms with Crippen molar-refractivity contribution in [2.45, 2.75) is 13.1 Å². The van der Waals surface area contributed by atoms with Crippen molar-refractivity contribution in [2.24, 2.45) is 0 Å². The van der Waals surface area contributed by atoms with Crippen LogP contribution in [0.5, 0.6) is 0 Å². The van der Waals surface area contributed by atoms with E-state index in [1.54, 1.807) is 18.2 Å². The average Bonchev–Trinajstić information content (AvgIpc) is 3.18. The monoisotopic (exact) mass is 305 g/mol. The Morgan fingerprint density at radius 1 is 1.38 bits per heavy atom. The largest absolute Gasteiger partial charge is 0.467 e. The molecular weight excluding hydrogens is 294 g/mol. The third-order valence-electron chi connectivity index (χ3n) is 2.67. The van der Waals surface area contributed by atoms with E-state index in [0.29, 0.717) is 5.76 Å². The van der Waals surface area contributed by atoms with Crippen LogP contribution in [0.1, 0.15) is 5.76 Å². The molecule has 3 aromatic heterocycles. The smallest absolute Gasteiger partial charge is 0.437 e. The van der Waals surface area contributed by atoms with E-state index in [-0.39, 0.29) is 24.9 Å². The molecule has 0 saturated carbocycles. The minimum absolute atomic E-state index is 0.200. The molecule has 0 aliphatic heterocycles. The van der Waals surface area contributed by atoms with Crippen molar-refractivity contribution >= 4 is 17.2 Å². The molecule has 0 saturated heterocycles. The van der Waals surface area contributed by atoms with Gasteiger partial charge in [-0.2, -0.15) is 4.68 Å². The fourth-order valence-electron chi connectivity index (χ4n) is 1.70. The predicted octanol–water partition coefficient (Wildman–Crippen LogP) is 1.47. The van der Waals surface area contributed by atoms with E-state index in [2.05, 4.69) is 10.4 Å². The van der Waals surface area contributed by atoms with Gasteiger partial charge in [-0.15, -0.1) is 16.4 Å². The van der Waals surface area contributed by atoms with Gasteiger partial charge in [-0.3, -0.25) is 4.79 Å². The zero-order valence-electron chi connectivity index (χ0n) is 10.8. The van der Waals surface area contributed by atoms with Crippen molar-refractivity contribution in [2.75, 3.05) is 0 Å². The number of furan rings is 1. The second kappa shape index (κ2) is 5.80. The summed E-state index contributed by atoms with van der Waals surface area (Å²) in [5.41, 5.74) is 0. The maximum absolute atomic E-state index is 11.8. The number of amides is 1. The molecule has 3 rings (SSSR count). The van der Waals surface area contributed by atoms with E-state index in [1.807, 2.05) is 11.4 Å². The summed E-state index contributed by atoms with van der Waals surface area (Å²) in [6, 6.07) is 7.10. The van der Waals surface area contributed by atoms with Gasteiger partial charge in [0.2, 0.25) is 5.91 Å². The van der Waals surface area contributed by atoms with Gasteiger partial charge < -0.3 is 14.2 Å². The van der Waals surface area contributed by atoms with Gasteiger partial charge >= 0.3 is 5.76 Å². The third kappa shape index (κ3) is 3.11. The van der Waals surface area contributed by atoms with E-state index >= 15 is 0 Å². The first kappa shape index (κ1) is 13.4. The summed E-state index contributed by atoms with van der Waals surface area (Å²) in [5, 5.41) is 8.49. The predicted molar refractivity (Wildman–Crippen MR) is 74.6 cm³/mol. The molecule has 0 aromatic carbocycles. The molecule has 0 spiro atoms. The Kier molecular flexibility index (Phi) is 3.69. The zero-order chi connectivity index (χ0) is 14.7. The zero-order valence-corrected chi connectivity index (χ0v) is 11.6. The van der Waals surface area contributed by atoms with Crippen LogP contribution in [0.25, 0.3) is 10.8 Å². The summed E-state index contributed by atoms with van der Waals surface area (Å²) in [4.78, 5) is 24.1. The number of nitrogens with one attached hydrogen (secondary N) is 1. The minimum Gasteiger partial charge on any atom is -0.467 e. The van der Waals surface area contributed by atoms with Crippen molar-refractivity contribution in [1.29, 1.82) is 0 Å². The van der Waals surface area contributed by atoms with Crippen molar-refractivity contribution < 1.29 is 13.6 Å². The lowest BCUT2D eigenvalue weighted by Crippen LogP contribution is -2.31. The molecule has 3 aromatic rings. The van der Waals surface area contributed by atoms with Crippen LogP contribution in [0.15, 0.2) is 49.5 Å². The van der Waals surface area contributed by atoms with Crippen molar-refractivity contribution in [3.05, 3.63) is 52.2 Å². The van der Waals surface area contributed by atoms with Crippen LogP contribution in [-0.4, -0.2) is 15.7 Å². The molecule has 0 unspecified atom stereocenters. The van der Waals surface area contributed by atoms with E-state index in [0.717, 1.165) is 9.56 Å². The Morgan fingerprint density at radius 3 is 3.00 bits per heavy atom. The fraction of sp³-hybridized carbons (Fsp3) is 0.154. The maximum Gasteiger partial charge on any atom is 0.437 e. The van der Waals surface area contributed by atoms with Crippen molar-refractivity contribution in [3.8, 4) is 10.8 Å². The number of nitrogens with zero attached hydrogens (tertiary/aromatic N) is 2. The Hall–Kier alpha value is -2.61. The summed E-state index contributed by atoms with van der Waals surface area (Å²) in [6.45, 7) is 0.0602. The first-order chi connectivity index (χ1) is 10.2. The highest BCUT2D eigenvalue weighted by atomic mass is 32.1. The van der Waals surface area contributed by atoms with Gasteiger partial charge in [0.1, 0.15) is 12.3 Å². The van der Waals surface area contributed by atoms with Crippen LogP contribution in [0.3, 0.4) is 0 Å². The van der Waals surface area contributed by atoms with Gasteiger partial charge in [0.25, 0.3) is 5.89 Å². The normalized spacial score (nSPS) is 10.7. The molecule has 3 heterocycles. The number of rotatable bonds is 5. The van der Waals surface area contributed by atoms with Crippen LogP contribution < -0.4 is 11.1 Å². The molecule has 21 heavy (non-hydrogen) atoms. The Bertz CT molecular complexity index is 771. The second-order valence-electron chi connectivity index (χ2n) is 4.16. The summed E-state index contributed by atoms with van der Waals surface area (Å²) in [6.07, 6.45) is 1.52. The number of hydrogen-bond donors (Lipinski definition) is 1. The topological polar surface area (TPSA) is 90.3 Å². The lowest BCUT2D eigenvalue weighted by Gasteiger charge is -2.01. The third-order valence-corrected chi connectivity index (χ3v) is 3.53. The lowest BCUT2D eigenvalue weighted by molar-refractivity contribution is -0.122. The molecule has 1 N–H and O–H groups in total. The van der Waals surface area contributed by atoms with Gasteiger partial charge in [-0.1, -0.05) is 6.07 Å². The summed E-state index contributed by atoms with van der Waals surface area (Å²) < 4.78 is 11.1. The summed E-state index contributed by atoms with van der Waals surface area (Å²) in [5.74, 6) is -0.157. The molecule has 0 bridgehead atoms. The van der Waals surface area contributed by atoms with Crippen LogP contribution in [0, 0.1) is 0 Å². The quantitative estimate of drug-likeness (QED) is 0.771. The number of thiophene rings is 1. The Morgan fingerprint density at radius 2 is 2.29 bits per heavy atom. The molecule has 1 amide bonds. The number of carbonyl (C=O) groups excluding carboxylic acids is 1. The molecule has 7 nitrogen and oxygen atoms in total. The highest BCUT2D eigenvalue weighted by molar-refractivity contribution is 7.13. The molecule has 0 fully saturated rings. The Balaban J connectivity index is 1.65. The fourth-order valence-corrected chi connectivity index (χ4v) is 2.34. The number of aromatic nitrogens is 2. The van der Waals surface area contributed by atoms with Gasteiger partial charge in [-0.05, 0) is 23.6 Å². The van der Waals surface area contributed by atoms with Gasteiger partial charge in [-0.25, -0.2) is 4.79 Å². The molecule has 0 aliphatic carbocycles. The first-order valence-electron chi connectivity index (χ1n) is 6.13. The summed E-state index contributed by atoms with van der Waals surface area (Å²) >= 11 is 1.40. The van der Waals surface area contributed by atoms with Crippen molar-refractivity contribution in [3.63, 3.8) is 0 Å². The highest BCUT2D eigenvalue weighted by Gasteiger charge is 2.13. The molecule has 0 aliphatic rings. The SMILES string of the molecule is O=C(Cn1nc(-c2cccs2)oc1=O)NCc1ccco1. The van der Waals surface area contributed by atoms with E-state index < -0.39 is 5.76 Å². The number of carbonyl (C=O) groups is 1. The number of hydrogen-bond acceptors (Lipinski definition) is 6. The average molecular weight is 305 g/mol. The van der Waals surface area contributed by atoms with Crippen LogP contribution in [0.4, 0.5) is 0 Å². The van der Waals surface area contributed by atoms with Crippen molar-refractivity contribution in [1.82, 2.24) is 15.1 Å². The maximum atomic E-state index is 11.8. The standard InChI is InChI=1S/C13H11N3O4S/c17-11(14-7-9-3-1-5-19-9)8-16-13(18)20-12(15-16)10-4-2-6-21-10/h1-6H,7-8H2,(H,14,17). The van der Waals surface area contributed by atoms with E-state index in [9.17, 15) is 9.59 Å².